The molecule has 0 aliphatic carbocycles. The fourth-order valence-corrected chi connectivity index (χ4v) is 3.73. The van der Waals surface area contributed by atoms with E-state index in [0.717, 1.165) is 0 Å². The fourth-order valence-electron chi connectivity index (χ4n) is 3.73. The first-order valence-electron chi connectivity index (χ1n) is 7.52. The SMILES string of the molecule is CN(C)C(=NC#N)N(C)C1(C)CC(C)(C)N(C(C)(C)C)C1=O. The van der Waals surface area contributed by atoms with Gasteiger partial charge in [-0.1, -0.05) is 0 Å². The molecule has 0 radical (unpaired) electrons. The molecule has 1 aliphatic heterocycles. The number of rotatable bonds is 1. The molecule has 0 N–H and O–H groups in total. The van der Waals surface area contributed by atoms with Gasteiger partial charge in [0.25, 0.3) is 0 Å². The summed E-state index contributed by atoms with van der Waals surface area (Å²) in [6.45, 7) is 12.3. The molecule has 1 heterocycles. The Morgan fingerprint density at radius 1 is 1.27 bits per heavy atom. The molecule has 0 aromatic heterocycles. The summed E-state index contributed by atoms with van der Waals surface area (Å²) in [4.78, 5) is 22.6. The van der Waals surface area contributed by atoms with Crippen LogP contribution in [0.25, 0.3) is 0 Å². The first-order valence-corrected chi connectivity index (χ1v) is 7.52. The molecule has 6 nitrogen and oxygen atoms in total. The van der Waals surface area contributed by atoms with Crippen molar-refractivity contribution in [2.45, 2.75) is 64.6 Å². The van der Waals surface area contributed by atoms with Crippen molar-refractivity contribution in [1.82, 2.24) is 14.7 Å². The van der Waals surface area contributed by atoms with Crippen molar-refractivity contribution in [3.05, 3.63) is 0 Å². The zero-order chi connectivity index (χ0) is 17.5. The standard InChI is InChI=1S/C16H29N5O/c1-14(2,3)21-12(22)16(6,10-15(21,4)5)20(9)13(18-11-17)19(7)8/h10H2,1-9H3. The molecule has 0 saturated carbocycles. The molecule has 1 amide bonds. The maximum atomic E-state index is 13.2. The molecule has 22 heavy (non-hydrogen) atoms. The van der Waals surface area contributed by atoms with Gasteiger partial charge in [-0.05, 0) is 41.5 Å². The van der Waals surface area contributed by atoms with E-state index in [9.17, 15) is 4.79 Å². The van der Waals surface area contributed by atoms with Gasteiger partial charge in [0.05, 0.1) is 0 Å². The summed E-state index contributed by atoms with van der Waals surface area (Å²) in [6, 6.07) is 0. The number of carbonyl (C=O) groups is 1. The lowest BCUT2D eigenvalue weighted by Gasteiger charge is -2.42. The van der Waals surface area contributed by atoms with Crippen molar-refractivity contribution in [1.29, 1.82) is 5.26 Å². The van der Waals surface area contributed by atoms with Crippen molar-refractivity contribution in [3.8, 4) is 6.19 Å². The molecule has 0 aromatic carbocycles. The monoisotopic (exact) mass is 307 g/mol. The van der Waals surface area contributed by atoms with Gasteiger partial charge >= 0.3 is 0 Å². The molecular formula is C16H29N5O. The van der Waals surface area contributed by atoms with E-state index in [2.05, 4.69) is 39.6 Å². The predicted molar refractivity (Wildman–Crippen MR) is 88.2 cm³/mol. The third-order valence-electron chi connectivity index (χ3n) is 4.31. The highest BCUT2D eigenvalue weighted by atomic mass is 16.2. The molecule has 1 atom stereocenters. The minimum absolute atomic E-state index is 0.0694. The van der Waals surface area contributed by atoms with E-state index in [1.807, 2.05) is 44.1 Å². The van der Waals surface area contributed by atoms with Gasteiger partial charge in [-0.15, -0.1) is 4.99 Å². The Balaban J connectivity index is 3.34. The second kappa shape index (κ2) is 5.45. The Hall–Kier alpha value is -1.77. The predicted octanol–water partition coefficient (Wildman–Crippen LogP) is 1.88. The Morgan fingerprint density at radius 2 is 1.77 bits per heavy atom. The molecule has 1 unspecified atom stereocenters. The van der Waals surface area contributed by atoms with Crippen LogP contribution in [-0.4, -0.2) is 64.3 Å². The smallest absolute Gasteiger partial charge is 0.249 e. The van der Waals surface area contributed by atoms with Crippen LogP contribution >= 0.6 is 0 Å². The average molecular weight is 307 g/mol. The van der Waals surface area contributed by atoms with Gasteiger partial charge in [0.2, 0.25) is 18.1 Å². The Labute approximate surface area is 134 Å². The quantitative estimate of drug-likeness (QED) is 0.421. The molecule has 0 aromatic rings. The number of likely N-dealkylation sites (tertiary alicyclic amines) is 1. The lowest BCUT2D eigenvalue weighted by molar-refractivity contribution is -0.142. The minimum atomic E-state index is -0.725. The van der Waals surface area contributed by atoms with Crippen LogP contribution in [0.4, 0.5) is 0 Å². The van der Waals surface area contributed by atoms with Crippen molar-refractivity contribution >= 4 is 11.9 Å². The van der Waals surface area contributed by atoms with Crippen LogP contribution in [-0.2, 0) is 4.79 Å². The zero-order valence-corrected chi connectivity index (χ0v) is 15.4. The Morgan fingerprint density at radius 3 is 2.09 bits per heavy atom. The highest BCUT2D eigenvalue weighted by Crippen LogP contribution is 2.43. The summed E-state index contributed by atoms with van der Waals surface area (Å²) >= 11 is 0. The molecule has 1 fully saturated rings. The van der Waals surface area contributed by atoms with Gasteiger partial charge in [0.1, 0.15) is 5.54 Å². The summed E-state index contributed by atoms with van der Waals surface area (Å²) in [6.07, 6.45) is 2.50. The number of hydrogen-bond acceptors (Lipinski definition) is 3. The van der Waals surface area contributed by atoms with E-state index >= 15 is 0 Å². The van der Waals surface area contributed by atoms with E-state index < -0.39 is 5.54 Å². The fraction of sp³-hybridized carbons (Fsp3) is 0.812. The largest absolute Gasteiger partial charge is 0.348 e. The summed E-state index contributed by atoms with van der Waals surface area (Å²) in [7, 11) is 5.47. The van der Waals surface area contributed by atoms with Crippen molar-refractivity contribution < 1.29 is 4.79 Å². The van der Waals surface area contributed by atoms with Crippen molar-refractivity contribution in [2.24, 2.45) is 4.99 Å². The second-order valence-corrected chi connectivity index (χ2v) is 8.04. The van der Waals surface area contributed by atoms with Crippen molar-refractivity contribution in [3.63, 3.8) is 0 Å². The van der Waals surface area contributed by atoms with Gasteiger partial charge in [-0.2, -0.15) is 5.26 Å². The summed E-state index contributed by atoms with van der Waals surface area (Å²) in [5.74, 6) is 0.560. The number of aliphatic imine (C=N–C) groups is 1. The average Bonchev–Trinajstić information content (AvgIpc) is 2.50. The number of hydrogen-bond donors (Lipinski definition) is 0. The Kier molecular flexibility index (Phi) is 4.53. The number of nitrogens with zero attached hydrogens (tertiary/aromatic N) is 5. The van der Waals surface area contributed by atoms with Crippen LogP contribution in [0.2, 0.25) is 0 Å². The van der Waals surface area contributed by atoms with E-state index in [1.165, 1.54) is 0 Å². The second-order valence-electron chi connectivity index (χ2n) is 8.04. The van der Waals surface area contributed by atoms with Gasteiger partial charge < -0.3 is 14.7 Å². The first-order chi connectivity index (χ1) is 9.79. The number of amides is 1. The first kappa shape index (κ1) is 18.3. The van der Waals surface area contributed by atoms with Crippen molar-refractivity contribution in [2.75, 3.05) is 21.1 Å². The number of likely N-dealkylation sites (N-methyl/N-ethyl adjacent to an activating group) is 1. The molecule has 0 bridgehead atoms. The molecule has 6 heteroatoms. The van der Waals surface area contributed by atoms with Crippen LogP contribution in [0.1, 0.15) is 48.0 Å². The third-order valence-corrected chi connectivity index (χ3v) is 4.31. The Bertz CT molecular complexity index is 524. The highest BCUT2D eigenvalue weighted by Gasteiger charge is 2.58. The van der Waals surface area contributed by atoms with Gasteiger partial charge in [0, 0.05) is 38.6 Å². The van der Waals surface area contributed by atoms with Crippen LogP contribution in [0.5, 0.6) is 0 Å². The van der Waals surface area contributed by atoms with E-state index in [0.29, 0.717) is 12.4 Å². The molecule has 1 saturated heterocycles. The van der Waals surface area contributed by atoms with Gasteiger partial charge in [-0.3, -0.25) is 4.79 Å². The summed E-state index contributed by atoms with van der Waals surface area (Å²) in [5.41, 5.74) is -1.25. The molecule has 1 rings (SSSR count). The molecule has 124 valence electrons. The maximum absolute atomic E-state index is 13.2. The number of carbonyl (C=O) groups excluding carboxylic acids is 1. The molecule has 1 aliphatic rings. The van der Waals surface area contributed by atoms with E-state index in [4.69, 9.17) is 5.26 Å². The normalized spacial score (nSPS) is 25.2. The number of nitriles is 1. The highest BCUT2D eigenvalue weighted by molar-refractivity contribution is 5.95. The third kappa shape index (κ3) is 2.90. The number of guanidine groups is 1. The lowest BCUT2D eigenvalue weighted by atomic mass is 9.89. The van der Waals surface area contributed by atoms with Crippen LogP contribution in [0.15, 0.2) is 4.99 Å². The minimum Gasteiger partial charge on any atom is -0.348 e. The van der Waals surface area contributed by atoms with Crippen LogP contribution < -0.4 is 0 Å². The van der Waals surface area contributed by atoms with Gasteiger partial charge in [0.15, 0.2) is 0 Å². The molecular weight excluding hydrogens is 278 g/mol. The lowest BCUT2D eigenvalue weighted by Crippen LogP contribution is -2.58. The summed E-state index contributed by atoms with van der Waals surface area (Å²) in [5, 5.41) is 8.92. The topological polar surface area (TPSA) is 62.9 Å². The zero-order valence-electron chi connectivity index (χ0n) is 15.4. The van der Waals surface area contributed by atoms with Gasteiger partial charge in [-0.25, -0.2) is 0 Å². The molecule has 0 spiro atoms. The van der Waals surface area contributed by atoms with Crippen LogP contribution in [0, 0.1) is 11.5 Å². The van der Waals surface area contributed by atoms with E-state index in [-0.39, 0.29) is 17.0 Å². The van der Waals surface area contributed by atoms with Crippen LogP contribution in [0.3, 0.4) is 0 Å². The summed E-state index contributed by atoms with van der Waals surface area (Å²) < 4.78 is 0. The maximum Gasteiger partial charge on any atom is 0.249 e. The van der Waals surface area contributed by atoms with E-state index in [1.54, 1.807) is 4.90 Å².